The van der Waals surface area contributed by atoms with Gasteiger partial charge >= 0.3 is 6.36 Å². The van der Waals surface area contributed by atoms with Gasteiger partial charge in [-0.25, -0.2) is 0 Å². The average Bonchev–Trinajstić information content (AvgIpc) is 2.39. The van der Waals surface area contributed by atoms with Crippen LogP contribution >= 0.6 is 12.4 Å². The summed E-state index contributed by atoms with van der Waals surface area (Å²) in [7, 11) is 1.68. The number of amides is 1. The Kier molecular flexibility index (Phi) is 7.86. The van der Waals surface area contributed by atoms with Gasteiger partial charge in [0.25, 0.3) is 0 Å². The predicted molar refractivity (Wildman–Crippen MR) is 84.5 cm³/mol. The standard InChI is InChI=1S/C15H21F3N2O2.ClH/c1-14(2,9-19)10-20(3)13(21)8-11-4-6-12(7-5-11)22-15(16,17)18;/h4-7H,8-10,19H2,1-3H3;1H. The molecule has 1 amide bonds. The molecule has 0 atom stereocenters. The van der Waals surface area contributed by atoms with Gasteiger partial charge in [0.1, 0.15) is 5.75 Å². The number of benzene rings is 1. The lowest BCUT2D eigenvalue weighted by Gasteiger charge is -2.29. The summed E-state index contributed by atoms with van der Waals surface area (Å²) in [5.74, 6) is -0.424. The largest absolute Gasteiger partial charge is 0.573 e. The monoisotopic (exact) mass is 354 g/mol. The van der Waals surface area contributed by atoms with Gasteiger partial charge in [0.2, 0.25) is 5.91 Å². The van der Waals surface area contributed by atoms with E-state index in [2.05, 4.69) is 4.74 Å². The SMILES string of the molecule is CN(CC(C)(C)CN)C(=O)Cc1ccc(OC(F)(F)F)cc1.Cl. The average molecular weight is 355 g/mol. The minimum absolute atomic E-state index is 0. The van der Waals surface area contributed by atoms with Crippen LogP contribution in [0.15, 0.2) is 24.3 Å². The van der Waals surface area contributed by atoms with Gasteiger partial charge in [0.15, 0.2) is 0 Å². The first-order valence-electron chi connectivity index (χ1n) is 6.81. The summed E-state index contributed by atoms with van der Waals surface area (Å²) in [4.78, 5) is 13.7. The number of carbonyl (C=O) groups excluding carboxylic acids is 1. The first-order chi connectivity index (χ1) is 10.0. The molecule has 8 heteroatoms. The quantitative estimate of drug-likeness (QED) is 0.854. The van der Waals surface area contributed by atoms with Crippen molar-refractivity contribution in [3.05, 3.63) is 29.8 Å². The fourth-order valence-corrected chi connectivity index (χ4v) is 1.91. The molecule has 2 N–H and O–H groups in total. The van der Waals surface area contributed by atoms with Crippen LogP contribution in [-0.4, -0.2) is 37.3 Å². The summed E-state index contributed by atoms with van der Waals surface area (Å²) < 4.78 is 39.9. The molecule has 0 spiro atoms. The van der Waals surface area contributed by atoms with Crippen LogP contribution in [-0.2, 0) is 11.2 Å². The molecular weight excluding hydrogens is 333 g/mol. The third kappa shape index (κ3) is 8.08. The van der Waals surface area contributed by atoms with Crippen molar-refractivity contribution in [2.75, 3.05) is 20.1 Å². The van der Waals surface area contributed by atoms with Crippen LogP contribution in [0.5, 0.6) is 5.75 Å². The molecule has 0 saturated carbocycles. The summed E-state index contributed by atoms with van der Waals surface area (Å²) in [6.07, 6.45) is -4.60. The van der Waals surface area contributed by atoms with Crippen LogP contribution in [0, 0.1) is 5.41 Å². The number of likely N-dealkylation sites (N-methyl/N-ethyl adjacent to an activating group) is 1. The molecule has 0 fully saturated rings. The van der Waals surface area contributed by atoms with Gasteiger partial charge < -0.3 is 15.4 Å². The van der Waals surface area contributed by atoms with E-state index in [4.69, 9.17) is 5.73 Å². The molecule has 23 heavy (non-hydrogen) atoms. The minimum Gasteiger partial charge on any atom is -0.406 e. The van der Waals surface area contributed by atoms with Crippen molar-refractivity contribution in [2.24, 2.45) is 11.1 Å². The van der Waals surface area contributed by atoms with Crippen LogP contribution in [0.3, 0.4) is 0 Å². The zero-order valence-corrected chi connectivity index (χ0v) is 14.1. The summed E-state index contributed by atoms with van der Waals surface area (Å²) >= 11 is 0. The highest BCUT2D eigenvalue weighted by atomic mass is 35.5. The van der Waals surface area contributed by atoms with Crippen molar-refractivity contribution in [1.29, 1.82) is 0 Å². The number of carbonyl (C=O) groups is 1. The molecule has 0 aliphatic heterocycles. The Hall–Kier alpha value is -1.47. The van der Waals surface area contributed by atoms with Gasteiger partial charge in [-0.15, -0.1) is 25.6 Å². The Morgan fingerprint density at radius 1 is 1.22 bits per heavy atom. The maximum atomic E-state index is 12.1. The van der Waals surface area contributed by atoms with Crippen molar-refractivity contribution < 1.29 is 22.7 Å². The van der Waals surface area contributed by atoms with Gasteiger partial charge in [-0.2, -0.15) is 0 Å². The second-order valence-corrected chi connectivity index (χ2v) is 5.99. The molecule has 0 unspecified atom stereocenters. The van der Waals surface area contributed by atoms with Crippen molar-refractivity contribution in [3.63, 3.8) is 0 Å². The molecule has 0 aliphatic carbocycles. The summed E-state index contributed by atoms with van der Waals surface area (Å²) in [6.45, 7) is 4.88. The van der Waals surface area contributed by atoms with Crippen LogP contribution in [0.1, 0.15) is 19.4 Å². The van der Waals surface area contributed by atoms with E-state index in [0.29, 0.717) is 18.7 Å². The zero-order chi connectivity index (χ0) is 17.0. The van der Waals surface area contributed by atoms with Crippen molar-refractivity contribution in [1.82, 2.24) is 4.90 Å². The van der Waals surface area contributed by atoms with Gasteiger partial charge in [-0.1, -0.05) is 26.0 Å². The Morgan fingerprint density at radius 3 is 2.17 bits per heavy atom. The molecule has 0 aliphatic rings. The molecule has 1 aromatic carbocycles. The second-order valence-electron chi connectivity index (χ2n) is 5.99. The fourth-order valence-electron chi connectivity index (χ4n) is 1.91. The lowest BCUT2D eigenvalue weighted by atomic mass is 9.93. The van der Waals surface area contributed by atoms with E-state index in [1.54, 1.807) is 11.9 Å². The number of hydrogen-bond acceptors (Lipinski definition) is 3. The van der Waals surface area contributed by atoms with E-state index in [1.165, 1.54) is 24.3 Å². The lowest BCUT2D eigenvalue weighted by Crippen LogP contribution is -2.40. The van der Waals surface area contributed by atoms with Gasteiger partial charge in [-0.05, 0) is 29.7 Å². The highest BCUT2D eigenvalue weighted by molar-refractivity contribution is 5.85. The Morgan fingerprint density at radius 2 is 1.74 bits per heavy atom. The van der Waals surface area contributed by atoms with E-state index < -0.39 is 6.36 Å². The van der Waals surface area contributed by atoms with E-state index in [0.717, 1.165) is 0 Å². The van der Waals surface area contributed by atoms with E-state index in [1.807, 2.05) is 13.8 Å². The Labute approximate surface area is 140 Å². The van der Waals surface area contributed by atoms with E-state index in [-0.39, 0.29) is 35.9 Å². The Bertz CT molecular complexity index is 504. The first kappa shape index (κ1) is 21.5. The number of alkyl halides is 3. The summed E-state index contributed by atoms with van der Waals surface area (Å²) in [6, 6.07) is 5.28. The van der Waals surface area contributed by atoms with Crippen LogP contribution in [0.2, 0.25) is 0 Å². The zero-order valence-electron chi connectivity index (χ0n) is 13.3. The third-order valence-corrected chi connectivity index (χ3v) is 3.16. The smallest absolute Gasteiger partial charge is 0.406 e. The van der Waals surface area contributed by atoms with E-state index >= 15 is 0 Å². The van der Waals surface area contributed by atoms with E-state index in [9.17, 15) is 18.0 Å². The normalized spacial score (nSPS) is 11.6. The number of nitrogens with zero attached hydrogens (tertiary/aromatic N) is 1. The number of ether oxygens (including phenoxy) is 1. The van der Waals surface area contributed by atoms with Crippen LogP contribution < -0.4 is 10.5 Å². The molecule has 4 nitrogen and oxygen atoms in total. The van der Waals surface area contributed by atoms with Crippen molar-refractivity contribution in [3.8, 4) is 5.75 Å². The lowest BCUT2D eigenvalue weighted by molar-refractivity contribution is -0.274. The topological polar surface area (TPSA) is 55.6 Å². The predicted octanol–water partition coefficient (Wildman–Crippen LogP) is 2.99. The molecule has 0 aromatic heterocycles. The number of nitrogens with two attached hydrogens (primary N) is 1. The second kappa shape index (κ2) is 8.40. The maximum Gasteiger partial charge on any atom is 0.573 e. The number of rotatable bonds is 6. The molecular formula is C15H22ClF3N2O2. The fraction of sp³-hybridized carbons (Fsp3) is 0.533. The van der Waals surface area contributed by atoms with Gasteiger partial charge in [0.05, 0.1) is 6.42 Å². The molecule has 0 heterocycles. The Balaban J connectivity index is 0.00000484. The van der Waals surface area contributed by atoms with Crippen molar-refractivity contribution in [2.45, 2.75) is 26.6 Å². The minimum atomic E-state index is -4.72. The highest BCUT2D eigenvalue weighted by Crippen LogP contribution is 2.23. The number of hydrogen-bond donors (Lipinski definition) is 1. The molecule has 132 valence electrons. The summed E-state index contributed by atoms with van der Waals surface area (Å²) in [5.41, 5.74) is 6.07. The number of halogens is 4. The molecule has 0 bridgehead atoms. The van der Waals surface area contributed by atoms with Gasteiger partial charge in [-0.3, -0.25) is 4.79 Å². The molecule has 1 aromatic rings. The molecule has 1 rings (SSSR count). The summed E-state index contributed by atoms with van der Waals surface area (Å²) in [5, 5.41) is 0. The third-order valence-electron chi connectivity index (χ3n) is 3.16. The molecule has 0 saturated heterocycles. The van der Waals surface area contributed by atoms with Crippen LogP contribution in [0.25, 0.3) is 0 Å². The van der Waals surface area contributed by atoms with Crippen LogP contribution in [0.4, 0.5) is 13.2 Å². The maximum absolute atomic E-state index is 12.1. The molecule has 0 radical (unpaired) electrons. The van der Waals surface area contributed by atoms with Crippen molar-refractivity contribution >= 4 is 18.3 Å². The first-order valence-corrected chi connectivity index (χ1v) is 6.81. The highest BCUT2D eigenvalue weighted by Gasteiger charge is 2.31. The van der Waals surface area contributed by atoms with Gasteiger partial charge in [0, 0.05) is 13.6 Å².